The Labute approximate surface area is 115 Å². The average Bonchev–Trinajstić information content (AvgIpc) is 2.39. The summed E-state index contributed by atoms with van der Waals surface area (Å²) in [6, 6.07) is 7.92. The van der Waals surface area contributed by atoms with E-state index in [2.05, 4.69) is 22.1 Å². The van der Waals surface area contributed by atoms with Crippen molar-refractivity contribution in [3.05, 3.63) is 29.8 Å². The standard InChI is InChI=1S/C13H19N3O.ClH/c1-15-7-9-16(10-8-15)14-11-12-3-5-13(17-2)6-4-12;/h3-6,11H,7-10H2,1-2H3;1H. The smallest absolute Gasteiger partial charge is 0.118 e. The van der Waals surface area contributed by atoms with Crippen LogP contribution in [0.1, 0.15) is 5.56 Å². The minimum atomic E-state index is 0. The molecular weight excluding hydrogens is 250 g/mol. The van der Waals surface area contributed by atoms with Crippen molar-refractivity contribution in [1.82, 2.24) is 9.91 Å². The number of nitrogens with zero attached hydrogens (tertiary/aromatic N) is 3. The van der Waals surface area contributed by atoms with Crippen molar-refractivity contribution in [1.29, 1.82) is 0 Å². The van der Waals surface area contributed by atoms with E-state index in [0.717, 1.165) is 37.5 Å². The van der Waals surface area contributed by atoms with Crippen LogP contribution in [0.3, 0.4) is 0 Å². The van der Waals surface area contributed by atoms with E-state index in [-0.39, 0.29) is 12.4 Å². The highest BCUT2D eigenvalue weighted by Gasteiger charge is 2.10. The highest BCUT2D eigenvalue weighted by Crippen LogP contribution is 2.10. The zero-order valence-electron chi connectivity index (χ0n) is 10.9. The van der Waals surface area contributed by atoms with Crippen molar-refractivity contribution in [3.63, 3.8) is 0 Å². The second kappa shape index (κ2) is 7.24. The van der Waals surface area contributed by atoms with Crippen molar-refractivity contribution in [2.45, 2.75) is 0 Å². The third-order valence-corrected chi connectivity index (χ3v) is 2.97. The van der Waals surface area contributed by atoms with E-state index in [9.17, 15) is 0 Å². The van der Waals surface area contributed by atoms with Gasteiger partial charge in [0.05, 0.1) is 13.3 Å². The molecule has 0 radical (unpaired) electrons. The van der Waals surface area contributed by atoms with E-state index in [1.807, 2.05) is 30.5 Å². The summed E-state index contributed by atoms with van der Waals surface area (Å²) in [5.41, 5.74) is 1.10. The van der Waals surface area contributed by atoms with E-state index in [1.165, 1.54) is 0 Å². The second-order valence-electron chi connectivity index (χ2n) is 4.27. The quantitative estimate of drug-likeness (QED) is 0.782. The Morgan fingerprint density at radius 2 is 1.72 bits per heavy atom. The van der Waals surface area contributed by atoms with Crippen LogP contribution in [-0.4, -0.2) is 56.5 Å². The summed E-state index contributed by atoms with van der Waals surface area (Å²) in [5, 5.41) is 6.60. The van der Waals surface area contributed by atoms with Gasteiger partial charge in [-0.05, 0) is 36.9 Å². The van der Waals surface area contributed by atoms with Gasteiger partial charge in [0.15, 0.2) is 0 Å². The summed E-state index contributed by atoms with van der Waals surface area (Å²) >= 11 is 0. The fourth-order valence-electron chi connectivity index (χ4n) is 1.75. The molecule has 0 spiro atoms. The molecule has 4 nitrogen and oxygen atoms in total. The molecule has 1 saturated heterocycles. The monoisotopic (exact) mass is 269 g/mol. The molecule has 5 heteroatoms. The Kier molecular flexibility index (Phi) is 5.95. The Morgan fingerprint density at radius 1 is 1.11 bits per heavy atom. The maximum atomic E-state index is 5.12. The topological polar surface area (TPSA) is 28.1 Å². The number of hydrogen-bond donors (Lipinski definition) is 0. The lowest BCUT2D eigenvalue weighted by Gasteiger charge is -2.30. The number of rotatable bonds is 3. The minimum Gasteiger partial charge on any atom is -0.497 e. The number of halogens is 1. The van der Waals surface area contributed by atoms with Gasteiger partial charge in [0.25, 0.3) is 0 Å². The van der Waals surface area contributed by atoms with Crippen LogP contribution in [0.5, 0.6) is 5.75 Å². The molecule has 18 heavy (non-hydrogen) atoms. The van der Waals surface area contributed by atoms with Crippen molar-refractivity contribution in [2.24, 2.45) is 5.10 Å². The van der Waals surface area contributed by atoms with Crippen LogP contribution in [0.25, 0.3) is 0 Å². The van der Waals surface area contributed by atoms with Crippen LogP contribution in [0.4, 0.5) is 0 Å². The summed E-state index contributed by atoms with van der Waals surface area (Å²) < 4.78 is 5.12. The molecule has 0 saturated carbocycles. The third-order valence-electron chi connectivity index (χ3n) is 2.97. The largest absolute Gasteiger partial charge is 0.497 e. The highest BCUT2D eigenvalue weighted by molar-refractivity contribution is 5.85. The summed E-state index contributed by atoms with van der Waals surface area (Å²) in [5.74, 6) is 0.877. The Bertz CT molecular complexity index is 372. The Balaban J connectivity index is 0.00000162. The van der Waals surface area contributed by atoms with Crippen molar-refractivity contribution < 1.29 is 4.74 Å². The first-order valence-corrected chi connectivity index (χ1v) is 5.89. The van der Waals surface area contributed by atoms with Gasteiger partial charge in [-0.3, -0.25) is 5.01 Å². The van der Waals surface area contributed by atoms with Gasteiger partial charge < -0.3 is 9.64 Å². The SMILES string of the molecule is COc1ccc(C=NN2CCN(C)CC2)cc1.Cl. The maximum Gasteiger partial charge on any atom is 0.118 e. The summed E-state index contributed by atoms with van der Waals surface area (Å²) in [4.78, 5) is 2.32. The molecule has 0 amide bonds. The van der Waals surface area contributed by atoms with Gasteiger partial charge in [0.1, 0.15) is 5.75 Å². The lowest BCUT2D eigenvalue weighted by Crippen LogP contribution is -2.41. The van der Waals surface area contributed by atoms with Crippen molar-refractivity contribution in [2.75, 3.05) is 40.3 Å². The second-order valence-corrected chi connectivity index (χ2v) is 4.27. The van der Waals surface area contributed by atoms with Crippen LogP contribution in [0.15, 0.2) is 29.4 Å². The first kappa shape index (κ1) is 14.8. The van der Waals surface area contributed by atoms with Crippen LogP contribution in [0.2, 0.25) is 0 Å². The molecule has 1 aliphatic rings. The predicted molar refractivity (Wildman–Crippen MR) is 76.9 cm³/mol. The molecule has 0 aliphatic carbocycles. The average molecular weight is 270 g/mol. The van der Waals surface area contributed by atoms with Crippen molar-refractivity contribution >= 4 is 18.6 Å². The third kappa shape index (κ3) is 4.20. The number of ether oxygens (including phenoxy) is 1. The number of likely N-dealkylation sites (N-methyl/N-ethyl adjacent to an activating group) is 1. The van der Waals surface area contributed by atoms with Gasteiger partial charge in [-0.2, -0.15) is 5.10 Å². The Hall–Kier alpha value is -1.26. The molecule has 0 N–H and O–H groups in total. The van der Waals surface area contributed by atoms with E-state index in [1.54, 1.807) is 7.11 Å². The van der Waals surface area contributed by atoms with Gasteiger partial charge in [0.2, 0.25) is 0 Å². The first-order valence-electron chi connectivity index (χ1n) is 5.89. The summed E-state index contributed by atoms with van der Waals surface area (Å²) in [6.45, 7) is 4.17. The molecule has 100 valence electrons. The molecule has 2 rings (SSSR count). The zero-order valence-corrected chi connectivity index (χ0v) is 11.7. The van der Waals surface area contributed by atoms with Gasteiger partial charge >= 0.3 is 0 Å². The molecule has 1 fully saturated rings. The van der Waals surface area contributed by atoms with E-state index in [0.29, 0.717) is 0 Å². The molecule has 0 atom stereocenters. The van der Waals surface area contributed by atoms with E-state index < -0.39 is 0 Å². The number of piperazine rings is 1. The molecule has 1 aliphatic heterocycles. The number of methoxy groups -OCH3 is 1. The van der Waals surface area contributed by atoms with E-state index in [4.69, 9.17) is 4.74 Å². The fourth-order valence-corrected chi connectivity index (χ4v) is 1.75. The lowest BCUT2D eigenvalue weighted by atomic mass is 10.2. The molecule has 0 aromatic heterocycles. The van der Waals surface area contributed by atoms with Crippen LogP contribution < -0.4 is 4.74 Å². The van der Waals surface area contributed by atoms with Crippen molar-refractivity contribution in [3.8, 4) is 5.75 Å². The molecular formula is C13H20ClN3O. The zero-order chi connectivity index (χ0) is 12.1. The Morgan fingerprint density at radius 3 is 2.28 bits per heavy atom. The molecule has 0 unspecified atom stereocenters. The molecule has 1 heterocycles. The van der Waals surface area contributed by atoms with Gasteiger partial charge in [-0.15, -0.1) is 12.4 Å². The molecule has 1 aromatic carbocycles. The highest BCUT2D eigenvalue weighted by atomic mass is 35.5. The maximum absolute atomic E-state index is 5.12. The number of benzene rings is 1. The van der Waals surface area contributed by atoms with Crippen LogP contribution >= 0.6 is 12.4 Å². The minimum absolute atomic E-state index is 0. The lowest BCUT2D eigenvalue weighted by molar-refractivity contribution is 0.159. The van der Waals surface area contributed by atoms with Crippen LogP contribution in [0, 0.1) is 0 Å². The van der Waals surface area contributed by atoms with Gasteiger partial charge in [0, 0.05) is 26.2 Å². The number of hydrazone groups is 1. The van der Waals surface area contributed by atoms with Gasteiger partial charge in [-0.1, -0.05) is 0 Å². The molecule has 1 aromatic rings. The van der Waals surface area contributed by atoms with E-state index >= 15 is 0 Å². The predicted octanol–water partition coefficient (Wildman–Crippen LogP) is 1.70. The van der Waals surface area contributed by atoms with Crippen LogP contribution in [-0.2, 0) is 0 Å². The van der Waals surface area contributed by atoms with Gasteiger partial charge in [-0.25, -0.2) is 0 Å². The molecule has 0 bridgehead atoms. The fraction of sp³-hybridized carbons (Fsp3) is 0.462. The summed E-state index contributed by atoms with van der Waals surface area (Å²) in [6.07, 6.45) is 1.91. The summed E-state index contributed by atoms with van der Waals surface area (Å²) in [7, 11) is 3.82. The number of hydrogen-bond acceptors (Lipinski definition) is 4. The normalized spacial score (nSPS) is 16.7. The first-order chi connectivity index (χ1) is 8.28.